The van der Waals surface area contributed by atoms with E-state index >= 15 is 0 Å². The van der Waals surface area contributed by atoms with E-state index in [0.717, 1.165) is 14.3 Å². The molecular weight excluding hydrogens is 475 g/mol. The van der Waals surface area contributed by atoms with Gasteiger partial charge in [0.25, 0.3) is 0 Å². The standard InChI is InChI=1S/C18H19BrCl2N2O3S/c1-3-23(27(25,26)17-10-15(20)8-9-16(17)21)11-18(24)22-12(2)13-4-6-14(19)7-5-13/h4-10,12H,3,11H2,1-2H3,(H,22,24)/t12-/m0/s1. The maximum atomic E-state index is 12.9. The van der Waals surface area contributed by atoms with Crippen LogP contribution in [0, 0.1) is 0 Å². The van der Waals surface area contributed by atoms with Crippen LogP contribution in [0.3, 0.4) is 0 Å². The molecule has 0 spiro atoms. The van der Waals surface area contributed by atoms with Crippen molar-refractivity contribution in [2.75, 3.05) is 13.1 Å². The number of halogens is 3. The van der Waals surface area contributed by atoms with E-state index in [4.69, 9.17) is 23.2 Å². The smallest absolute Gasteiger partial charge is 0.245 e. The van der Waals surface area contributed by atoms with Crippen LogP contribution in [0.25, 0.3) is 0 Å². The van der Waals surface area contributed by atoms with Crippen LogP contribution in [0.1, 0.15) is 25.5 Å². The molecule has 0 saturated heterocycles. The summed E-state index contributed by atoms with van der Waals surface area (Å²) in [6.07, 6.45) is 0. The van der Waals surface area contributed by atoms with E-state index in [1.54, 1.807) is 6.92 Å². The molecule has 1 atom stereocenters. The molecule has 2 aromatic carbocycles. The number of benzene rings is 2. The zero-order valence-corrected chi connectivity index (χ0v) is 18.7. The highest BCUT2D eigenvalue weighted by molar-refractivity contribution is 9.10. The zero-order valence-electron chi connectivity index (χ0n) is 14.7. The molecule has 0 aliphatic rings. The van der Waals surface area contributed by atoms with Gasteiger partial charge in [-0.25, -0.2) is 8.42 Å². The second-order valence-electron chi connectivity index (χ2n) is 5.85. The third-order valence-corrected chi connectivity index (χ3v) is 7.10. The van der Waals surface area contributed by atoms with Gasteiger partial charge in [0.05, 0.1) is 17.6 Å². The summed E-state index contributed by atoms with van der Waals surface area (Å²) in [6.45, 7) is 3.29. The Labute approximate surface area is 177 Å². The number of amides is 1. The molecule has 0 aliphatic heterocycles. The summed E-state index contributed by atoms with van der Waals surface area (Å²) >= 11 is 15.3. The molecule has 2 aromatic rings. The summed E-state index contributed by atoms with van der Waals surface area (Å²) in [7, 11) is -3.96. The van der Waals surface area contributed by atoms with Gasteiger partial charge in [-0.1, -0.05) is 58.2 Å². The molecule has 0 fully saturated rings. The number of hydrogen-bond acceptors (Lipinski definition) is 3. The van der Waals surface area contributed by atoms with Crippen LogP contribution in [0.2, 0.25) is 10.0 Å². The molecule has 0 unspecified atom stereocenters. The van der Waals surface area contributed by atoms with Crippen molar-refractivity contribution in [3.8, 4) is 0 Å². The van der Waals surface area contributed by atoms with Crippen molar-refractivity contribution in [3.63, 3.8) is 0 Å². The third-order valence-electron chi connectivity index (χ3n) is 3.93. The highest BCUT2D eigenvalue weighted by atomic mass is 79.9. The van der Waals surface area contributed by atoms with Crippen molar-refractivity contribution < 1.29 is 13.2 Å². The molecule has 0 aliphatic carbocycles. The highest BCUT2D eigenvalue weighted by Crippen LogP contribution is 2.27. The number of sulfonamides is 1. The van der Waals surface area contributed by atoms with E-state index in [-0.39, 0.29) is 34.1 Å². The van der Waals surface area contributed by atoms with Crippen molar-refractivity contribution in [2.24, 2.45) is 0 Å². The molecule has 2 rings (SSSR count). The molecule has 9 heteroatoms. The van der Waals surface area contributed by atoms with E-state index in [2.05, 4.69) is 21.2 Å². The number of nitrogens with zero attached hydrogens (tertiary/aromatic N) is 1. The van der Waals surface area contributed by atoms with E-state index in [9.17, 15) is 13.2 Å². The predicted molar refractivity (Wildman–Crippen MR) is 112 cm³/mol. The molecule has 0 radical (unpaired) electrons. The van der Waals surface area contributed by atoms with E-state index < -0.39 is 15.9 Å². The molecule has 1 N–H and O–H groups in total. The molecule has 0 saturated carbocycles. The first kappa shape index (κ1) is 22.2. The van der Waals surface area contributed by atoms with Crippen molar-refractivity contribution >= 4 is 55.1 Å². The summed E-state index contributed by atoms with van der Waals surface area (Å²) in [5.74, 6) is -0.408. The first-order chi connectivity index (χ1) is 12.6. The monoisotopic (exact) mass is 492 g/mol. The first-order valence-corrected chi connectivity index (χ1v) is 11.1. The van der Waals surface area contributed by atoms with Crippen molar-refractivity contribution in [2.45, 2.75) is 24.8 Å². The van der Waals surface area contributed by atoms with Gasteiger partial charge in [-0.15, -0.1) is 0 Å². The Kier molecular flexibility index (Phi) is 7.71. The fourth-order valence-electron chi connectivity index (χ4n) is 2.46. The van der Waals surface area contributed by atoms with Crippen LogP contribution in [0.5, 0.6) is 0 Å². The lowest BCUT2D eigenvalue weighted by molar-refractivity contribution is -0.121. The Balaban J connectivity index is 2.14. The lowest BCUT2D eigenvalue weighted by atomic mass is 10.1. The lowest BCUT2D eigenvalue weighted by Crippen LogP contribution is -2.41. The van der Waals surface area contributed by atoms with Crippen LogP contribution >= 0.6 is 39.1 Å². The maximum Gasteiger partial charge on any atom is 0.245 e. The molecule has 0 bridgehead atoms. The molecule has 1 amide bonds. The van der Waals surface area contributed by atoms with Crippen molar-refractivity contribution in [1.82, 2.24) is 9.62 Å². The van der Waals surface area contributed by atoms with Gasteiger partial charge in [-0.3, -0.25) is 4.79 Å². The van der Waals surface area contributed by atoms with Crippen LogP contribution < -0.4 is 5.32 Å². The Hall–Kier alpha value is -1.12. The fourth-order valence-corrected chi connectivity index (χ4v) is 4.87. The second-order valence-corrected chi connectivity index (χ2v) is 9.51. The SMILES string of the molecule is CCN(CC(=O)N[C@@H](C)c1ccc(Br)cc1)S(=O)(=O)c1cc(Cl)ccc1Cl. The van der Waals surface area contributed by atoms with Crippen LogP contribution in [0.15, 0.2) is 51.8 Å². The van der Waals surface area contributed by atoms with Gasteiger partial charge in [0.15, 0.2) is 0 Å². The molecule has 0 aromatic heterocycles. The fraction of sp³-hybridized carbons (Fsp3) is 0.278. The third kappa shape index (κ3) is 5.68. The number of likely N-dealkylation sites (N-methyl/N-ethyl adjacent to an activating group) is 1. The quantitative estimate of drug-likeness (QED) is 0.610. The van der Waals surface area contributed by atoms with Gasteiger partial charge in [-0.05, 0) is 42.8 Å². The Morgan fingerprint density at radius 1 is 1.19 bits per heavy atom. The number of rotatable bonds is 7. The van der Waals surface area contributed by atoms with E-state index in [1.165, 1.54) is 18.2 Å². The Morgan fingerprint density at radius 3 is 2.41 bits per heavy atom. The van der Waals surface area contributed by atoms with Gasteiger partial charge in [0, 0.05) is 16.0 Å². The minimum absolute atomic E-state index is 0.0569. The average Bonchev–Trinajstić information content (AvgIpc) is 2.61. The minimum Gasteiger partial charge on any atom is -0.348 e. The van der Waals surface area contributed by atoms with Gasteiger partial charge in [0.2, 0.25) is 15.9 Å². The van der Waals surface area contributed by atoms with Gasteiger partial charge >= 0.3 is 0 Å². The summed E-state index contributed by atoms with van der Waals surface area (Å²) in [5.41, 5.74) is 0.912. The maximum absolute atomic E-state index is 12.9. The van der Waals surface area contributed by atoms with Crippen LogP contribution in [-0.4, -0.2) is 31.7 Å². The van der Waals surface area contributed by atoms with E-state index in [0.29, 0.717) is 0 Å². The summed E-state index contributed by atoms with van der Waals surface area (Å²) in [5, 5.41) is 3.12. The molecule has 27 heavy (non-hydrogen) atoms. The average molecular weight is 494 g/mol. The Bertz CT molecular complexity index is 921. The summed E-state index contributed by atoms with van der Waals surface area (Å²) < 4.78 is 27.7. The number of carbonyl (C=O) groups is 1. The summed E-state index contributed by atoms with van der Waals surface area (Å²) in [4.78, 5) is 12.3. The first-order valence-electron chi connectivity index (χ1n) is 8.15. The predicted octanol–water partition coefficient (Wildman–Crippen LogP) is 4.64. The van der Waals surface area contributed by atoms with Crippen molar-refractivity contribution in [1.29, 1.82) is 0 Å². The lowest BCUT2D eigenvalue weighted by Gasteiger charge is -2.22. The molecule has 0 heterocycles. The molecular formula is C18H19BrCl2N2O3S. The molecule has 5 nitrogen and oxygen atoms in total. The number of carbonyl (C=O) groups excluding carboxylic acids is 1. The normalized spacial score (nSPS) is 12.8. The Morgan fingerprint density at radius 2 is 1.81 bits per heavy atom. The van der Waals surface area contributed by atoms with Crippen LogP contribution in [-0.2, 0) is 14.8 Å². The molecule has 146 valence electrons. The van der Waals surface area contributed by atoms with Gasteiger partial charge < -0.3 is 5.32 Å². The van der Waals surface area contributed by atoms with Crippen LogP contribution in [0.4, 0.5) is 0 Å². The topological polar surface area (TPSA) is 66.5 Å². The largest absolute Gasteiger partial charge is 0.348 e. The van der Waals surface area contributed by atoms with Gasteiger partial charge in [-0.2, -0.15) is 4.31 Å². The van der Waals surface area contributed by atoms with Crippen molar-refractivity contribution in [3.05, 3.63) is 62.5 Å². The minimum atomic E-state index is -3.96. The highest BCUT2D eigenvalue weighted by Gasteiger charge is 2.28. The summed E-state index contributed by atoms with van der Waals surface area (Å²) in [6, 6.07) is 11.5. The van der Waals surface area contributed by atoms with Gasteiger partial charge in [0.1, 0.15) is 4.90 Å². The second kappa shape index (κ2) is 9.39. The number of hydrogen-bond donors (Lipinski definition) is 1. The number of nitrogens with one attached hydrogen (secondary N) is 1. The zero-order chi connectivity index (χ0) is 20.2. The van der Waals surface area contributed by atoms with E-state index in [1.807, 2.05) is 31.2 Å².